The minimum Gasteiger partial charge on any atom is -0.378 e. The summed E-state index contributed by atoms with van der Waals surface area (Å²) in [5.74, 6) is -3.34. The van der Waals surface area contributed by atoms with Gasteiger partial charge in [0.25, 0.3) is 5.92 Å². The summed E-state index contributed by atoms with van der Waals surface area (Å²) in [6, 6.07) is 10.2. The lowest BCUT2D eigenvalue weighted by molar-refractivity contribution is -0.144. The highest BCUT2D eigenvalue weighted by atomic mass is 19.4. The number of carbonyl (C=O) groups excluding carboxylic acids is 1. The number of halogens is 7. The van der Waals surface area contributed by atoms with Gasteiger partial charge in [-0.15, -0.1) is 0 Å². The Kier molecular flexibility index (Phi) is 8.67. The van der Waals surface area contributed by atoms with E-state index in [1.54, 1.807) is 36.0 Å². The maximum atomic E-state index is 15.6. The summed E-state index contributed by atoms with van der Waals surface area (Å²) in [5.41, 5.74) is -1.53. The van der Waals surface area contributed by atoms with Crippen LogP contribution in [-0.2, 0) is 36.9 Å². The van der Waals surface area contributed by atoms with Crippen molar-refractivity contribution in [2.75, 3.05) is 0 Å². The summed E-state index contributed by atoms with van der Waals surface area (Å²) < 4.78 is 104. The second-order valence-electron chi connectivity index (χ2n) is 14.1. The molecule has 2 aliphatic carbocycles. The number of pyridine rings is 1. The van der Waals surface area contributed by atoms with Crippen LogP contribution in [0, 0.1) is 36.3 Å². The zero-order valence-corrected chi connectivity index (χ0v) is 28.9. The predicted octanol–water partition coefficient (Wildman–Crippen LogP) is 7.26. The molecule has 5 aromatic rings. The first-order valence-electron chi connectivity index (χ1n) is 16.8. The molecule has 1 fully saturated rings. The van der Waals surface area contributed by atoms with Gasteiger partial charge < -0.3 is 10.4 Å². The van der Waals surface area contributed by atoms with E-state index in [-0.39, 0.29) is 36.2 Å². The molecule has 1 saturated carbocycles. The minimum absolute atomic E-state index is 0.0339. The van der Waals surface area contributed by atoms with Gasteiger partial charge in [0, 0.05) is 41.1 Å². The van der Waals surface area contributed by atoms with E-state index in [1.165, 1.54) is 13.8 Å². The number of alkyl halides is 5. The summed E-state index contributed by atoms with van der Waals surface area (Å²) >= 11 is 0. The van der Waals surface area contributed by atoms with Crippen LogP contribution in [0.25, 0.3) is 22.0 Å². The first kappa shape index (κ1) is 36.1. The van der Waals surface area contributed by atoms with Crippen LogP contribution in [0.2, 0.25) is 0 Å². The Hall–Kier alpha value is -5.23. The summed E-state index contributed by atoms with van der Waals surface area (Å²) in [6.45, 7) is 3.75. The lowest BCUT2D eigenvalue weighted by Gasteiger charge is -2.34. The van der Waals surface area contributed by atoms with E-state index in [0.29, 0.717) is 27.4 Å². The van der Waals surface area contributed by atoms with Crippen LogP contribution in [0.4, 0.5) is 30.7 Å². The highest BCUT2D eigenvalue weighted by molar-refractivity contribution is 5.96. The van der Waals surface area contributed by atoms with Gasteiger partial charge in [0.05, 0.1) is 22.9 Å². The van der Waals surface area contributed by atoms with Crippen molar-refractivity contribution in [1.29, 1.82) is 0 Å². The van der Waals surface area contributed by atoms with E-state index in [2.05, 4.69) is 27.4 Å². The van der Waals surface area contributed by atoms with E-state index in [4.69, 9.17) is 4.98 Å². The second-order valence-corrected chi connectivity index (χ2v) is 14.1. The number of aliphatic hydroxyl groups is 1. The van der Waals surface area contributed by atoms with E-state index >= 15 is 8.78 Å². The van der Waals surface area contributed by atoms with Crippen molar-refractivity contribution in [2.24, 2.45) is 13.0 Å². The van der Waals surface area contributed by atoms with Crippen LogP contribution >= 0.6 is 0 Å². The van der Waals surface area contributed by atoms with E-state index in [9.17, 15) is 31.9 Å². The standard InChI is InChI=1S/C38H33F7N6O2/c1-19-24-6-5-7-26(33(24)50(4)48-19)25-9-8-23(12-13-36(2,3)53)46-32(25)29(16-20-14-21(39)17-22(40)15-20)47-30(52)18-51-35-31(34(49-51)38(43,44)45)27-10-11-28(27)37(35,41)42/h5-9,14-15,17,27-29,53H,10-11,16,18H2,1-4H3,(H,47,52)/t27-,28+,29-/m0/s1. The molecule has 0 spiro atoms. The molecular formula is C38H33F7N6O2. The van der Waals surface area contributed by atoms with Crippen molar-refractivity contribution in [1.82, 2.24) is 29.9 Å². The Morgan fingerprint density at radius 2 is 1.77 bits per heavy atom. The van der Waals surface area contributed by atoms with Gasteiger partial charge in [-0.2, -0.15) is 32.1 Å². The van der Waals surface area contributed by atoms with Gasteiger partial charge in [-0.3, -0.25) is 14.2 Å². The predicted molar refractivity (Wildman–Crippen MR) is 179 cm³/mol. The molecule has 0 unspecified atom stereocenters. The number of aryl methyl sites for hydroxylation is 2. The fraction of sp³-hybridized carbons (Fsp3) is 0.368. The Labute approximate surface area is 299 Å². The van der Waals surface area contributed by atoms with Gasteiger partial charge >= 0.3 is 6.18 Å². The first-order valence-corrected chi connectivity index (χ1v) is 16.8. The molecule has 2 aliphatic rings. The number of carbonyl (C=O) groups is 1. The molecule has 1 amide bonds. The van der Waals surface area contributed by atoms with Crippen molar-refractivity contribution in [3.05, 3.63) is 99.8 Å². The highest BCUT2D eigenvalue weighted by Gasteiger charge is 2.63. The fourth-order valence-corrected chi connectivity index (χ4v) is 7.50. The molecule has 276 valence electrons. The fourth-order valence-electron chi connectivity index (χ4n) is 7.50. The van der Waals surface area contributed by atoms with Crippen LogP contribution in [0.15, 0.2) is 48.5 Å². The third kappa shape index (κ3) is 6.65. The maximum absolute atomic E-state index is 15.6. The maximum Gasteiger partial charge on any atom is 0.435 e. The molecule has 15 heteroatoms. The topological polar surface area (TPSA) is 97.9 Å². The first-order chi connectivity index (χ1) is 24.8. The number of rotatable bonds is 7. The number of fused-ring (bicyclic) bond motifs is 4. The number of nitrogens with one attached hydrogen (secondary N) is 1. The number of benzene rings is 2. The van der Waals surface area contributed by atoms with E-state index in [0.717, 1.165) is 23.2 Å². The zero-order valence-electron chi connectivity index (χ0n) is 28.9. The molecule has 0 radical (unpaired) electrons. The highest BCUT2D eigenvalue weighted by Crippen LogP contribution is 2.64. The Balaban J connectivity index is 1.36. The lowest BCUT2D eigenvalue weighted by atomic mass is 9.73. The molecule has 3 aromatic heterocycles. The minimum atomic E-state index is -5.04. The number of hydrogen-bond acceptors (Lipinski definition) is 5. The van der Waals surface area contributed by atoms with Crippen LogP contribution in [0.1, 0.15) is 78.2 Å². The molecule has 0 bridgehead atoms. The normalized spacial score (nSPS) is 18.2. The van der Waals surface area contributed by atoms with Gasteiger partial charge in [0.2, 0.25) is 5.91 Å². The van der Waals surface area contributed by atoms with Crippen LogP contribution < -0.4 is 5.32 Å². The Morgan fingerprint density at radius 3 is 2.42 bits per heavy atom. The quantitative estimate of drug-likeness (QED) is 0.135. The molecule has 0 saturated heterocycles. The number of para-hydroxylation sites is 1. The van der Waals surface area contributed by atoms with Crippen molar-refractivity contribution in [3.63, 3.8) is 0 Å². The molecule has 7 rings (SSSR count). The van der Waals surface area contributed by atoms with Gasteiger partial charge in [-0.1, -0.05) is 24.1 Å². The second kappa shape index (κ2) is 12.7. The Morgan fingerprint density at radius 1 is 1.06 bits per heavy atom. The Bertz CT molecular complexity index is 2320. The summed E-state index contributed by atoms with van der Waals surface area (Å²) in [6.07, 6.45) is -5.14. The molecule has 53 heavy (non-hydrogen) atoms. The average Bonchev–Trinajstić information content (AvgIpc) is 3.59. The monoisotopic (exact) mass is 738 g/mol. The van der Waals surface area contributed by atoms with E-state index < -0.39 is 76.6 Å². The van der Waals surface area contributed by atoms with Crippen molar-refractivity contribution in [2.45, 2.75) is 76.2 Å². The van der Waals surface area contributed by atoms with Crippen LogP contribution in [-0.4, -0.2) is 41.2 Å². The molecular weight excluding hydrogens is 705 g/mol. The molecule has 2 aromatic carbocycles. The largest absolute Gasteiger partial charge is 0.435 e. The number of aromatic nitrogens is 5. The summed E-state index contributed by atoms with van der Waals surface area (Å²) in [5, 5.41) is 21.8. The molecule has 3 heterocycles. The zero-order chi connectivity index (χ0) is 38.2. The van der Waals surface area contributed by atoms with Gasteiger partial charge in [-0.05, 0) is 81.7 Å². The van der Waals surface area contributed by atoms with Crippen molar-refractivity contribution in [3.8, 4) is 23.0 Å². The van der Waals surface area contributed by atoms with Crippen molar-refractivity contribution >= 4 is 16.8 Å². The molecule has 8 nitrogen and oxygen atoms in total. The molecule has 0 aliphatic heterocycles. The molecule has 2 N–H and O–H groups in total. The van der Waals surface area contributed by atoms with Gasteiger partial charge in [-0.25, -0.2) is 13.8 Å². The van der Waals surface area contributed by atoms with Crippen LogP contribution in [0.5, 0.6) is 0 Å². The number of hydrogen-bond donors (Lipinski definition) is 2. The van der Waals surface area contributed by atoms with Crippen LogP contribution in [0.3, 0.4) is 0 Å². The van der Waals surface area contributed by atoms with Gasteiger partial charge in [0.15, 0.2) is 5.69 Å². The van der Waals surface area contributed by atoms with Crippen molar-refractivity contribution < 1.29 is 40.6 Å². The van der Waals surface area contributed by atoms with Gasteiger partial charge in [0.1, 0.15) is 35.2 Å². The van der Waals surface area contributed by atoms with E-state index in [1.807, 2.05) is 13.0 Å². The number of nitrogens with zero attached hydrogens (tertiary/aromatic N) is 5. The third-order valence-electron chi connectivity index (χ3n) is 9.77. The average molecular weight is 739 g/mol. The smallest absolute Gasteiger partial charge is 0.378 e. The lowest BCUT2D eigenvalue weighted by Crippen LogP contribution is -2.36. The number of amides is 1. The third-order valence-corrected chi connectivity index (χ3v) is 9.77. The SMILES string of the molecule is Cc1nn(C)c2c(-c3ccc(C#CC(C)(C)O)nc3[C@H](Cc3cc(F)cc(F)c3)NC(=O)Cn3nc(C(F)(F)F)c4c3C(F)(F)[C@@H]3CC[C@H]43)cccc12. The summed E-state index contributed by atoms with van der Waals surface area (Å²) in [4.78, 5) is 18.6. The molecule has 3 atom stereocenters. The summed E-state index contributed by atoms with van der Waals surface area (Å²) in [7, 11) is 1.74.